The van der Waals surface area contributed by atoms with Crippen LogP contribution in [0.5, 0.6) is 0 Å². The van der Waals surface area contributed by atoms with Crippen molar-refractivity contribution in [3.05, 3.63) is 120 Å². The summed E-state index contributed by atoms with van der Waals surface area (Å²) in [5.41, 5.74) is 2.19. The number of alkyl halides is 6. The first kappa shape index (κ1) is 49.2. The Morgan fingerprint density at radius 2 is 0.807 bits per heavy atom. The van der Waals surface area contributed by atoms with Crippen LogP contribution in [0.25, 0.3) is 23.0 Å². The van der Waals surface area contributed by atoms with E-state index in [0.717, 1.165) is 11.1 Å². The van der Waals surface area contributed by atoms with Crippen LogP contribution in [0.2, 0.25) is 0 Å². The summed E-state index contributed by atoms with van der Waals surface area (Å²) in [5, 5.41) is 15.9. The van der Waals surface area contributed by atoms with E-state index in [2.05, 4.69) is 128 Å². The Hall–Kier alpha value is -3.90. The van der Waals surface area contributed by atoms with Gasteiger partial charge in [0.25, 0.3) is 0 Å². The molecule has 4 heterocycles. The first-order valence-corrected chi connectivity index (χ1v) is 21.7. The molecule has 0 bridgehead atoms. The van der Waals surface area contributed by atoms with Crippen LogP contribution >= 0.6 is 15.8 Å². The van der Waals surface area contributed by atoms with Gasteiger partial charge in [-0.15, -0.1) is 0 Å². The summed E-state index contributed by atoms with van der Waals surface area (Å²) in [5.74, 6) is -2.72. The summed E-state index contributed by atoms with van der Waals surface area (Å²) in [7, 11) is 0.209. The molecule has 0 saturated carbocycles. The molecule has 0 aliphatic heterocycles. The van der Waals surface area contributed by atoms with E-state index in [0.29, 0.717) is 0 Å². The molecule has 6 aromatic rings. The fourth-order valence-corrected chi connectivity index (χ4v) is 5.96. The first-order valence-electron chi connectivity index (χ1n) is 17.2. The Labute approximate surface area is 346 Å². The van der Waals surface area contributed by atoms with Gasteiger partial charge < -0.3 is 20.2 Å². The van der Waals surface area contributed by atoms with Gasteiger partial charge in [0.2, 0.25) is 0 Å². The van der Waals surface area contributed by atoms with Crippen LogP contribution in [-0.2, 0) is 43.0 Å². The summed E-state index contributed by atoms with van der Waals surface area (Å²) < 4.78 is 74.4. The maximum Gasteiger partial charge on any atom is 2.00 e. The standard InChI is InChI=1S/2C12H12F3N4.2C8H11P.Os/c2*1-11(2,3)7-4-5-16-8(6-7)9-17-10(19-18-9)12(13,14)15;2*1-9(2)8-6-4-3-5-7-8;/h2*4-6H,1-3H3;2*3-7H,1-2H3;/q2*-1;;;+2. The van der Waals surface area contributed by atoms with E-state index in [1.54, 1.807) is 12.1 Å². The number of halogens is 6. The van der Waals surface area contributed by atoms with Gasteiger partial charge in [0.05, 0.1) is 11.4 Å². The second-order valence-electron chi connectivity index (χ2n) is 14.7. The number of hydrogen-bond donors (Lipinski definition) is 0. The summed E-state index contributed by atoms with van der Waals surface area (Å²) in [6.07, 6.45) is -6.13. The van der Waals surface area contributed by atoms with E-state index in [1.807, 2.05) is 53.7 Å². The van der Waals surface area contributed by atoms with Crippen molar-refractivity contribution in [3.63, 3.8) is 0 Å². The molecule has 0 radical (unpaired) electrons. The number of hydrogen-bond acceptors (Lipinski definition) is 6. The third-order valence-corrected chi connectivity index (χ3v) is 10.3. The first-order chi connectivity index (χ1) is 26.0. The molecule has 0 atom stereocenters. The predicted octanol–water partition coefficient (Wildman–Crippen LogP) is 9.73. The second kappa shape index (κ2) is 21.2. The zero-order valence-electron chi connectivity index (χ0n) is 33.3. The fourth-order valence-electron chi connectivity index (χ4n) is 4.43. The Bertz CT molecular complexity index is 1920. The van der Waals surface area contributed by atoms with Crippen LogP contribution in [0.1, 0.15) is 64.3 Å². The van der Waals surface area contributed by atoms with Gasteiger partial charge in [-0.05, 0) is 95.1 Å². The van der Waals surface area contributed by atoms with Gasteiger partial charge in [0.1, 0.15) is 11.6 Å². The number of rotatable bonds is 4. The van der Waals surface area contributed by atoms with E-state index >= 15 is 0 Å². The summed E-state index contributed by atoms with van der Waals surface area (Å²) in [6, 6.07) is 28.2. The van der Waals surface area contributed by atoms with Crippen molar-refractivity contribution in [3.8, 4) is 23.0 Å². The maximum atomic E-state index is 12.4. The zero-order valence-corrected chi connectivity index (χ0v) is 37.7. The zero-order chi connectivity index (χ0) is 41.9. The van der Waals surface area contributed by atoms with Crippen LogP contribution in [0, 0.1) is 0 Å². The third kappa shape index (κ3) is 16.1. The van der Waals surface area contributed by atoms with Gasteiger partial charge in [0.15, 0.2) is 0 Å². The van der Waals surface area contributed by atoms with E-state index < -0.39 is 24.0 Å². The molecule has 0 unspecified atom stereocenters. The average molecular weight is 1010 g/mol. The quantitative estimate of drug-likeness (QED) is 0.127. The van der Waals surface area contributed by atoms with E-state index in [9.17, 15) is 26.3 Å². The van der Waals surface area contributed by atoms with E-state index in [-0.39, 0.29) is 69.5 Å². The van der Waals surface area contributed by atoms with Crippen molar-refractivity contribution in [1.82, 2.24) is 40.3 Å². The van der Waals surface area contributed by atoms with Crippen molar-refractivity contribution in [2.45, 2.75) is 64.7 Å². The normalized spacial score (nSPS) is 11.7. The Morgan fingerprint density at radius 3 is 1.04 bits per heavy atom. The molecule has 0 spiro atoms. The van der Waals surface area contributed by atoms with Crippen molar-refractivity contribution in [2.24, 2.45) is 0 Å². The van der Waals surface area contributed by atoms with Crippen LogP contribution in [0.4, 0.5) is 26.3 Å². The summed E-state index contributed by atoms with van der Waals surface area (Å²) >= 11 is 0. The number of aromatic nitrogens is 8. The monoisotopic (exact) mass is 1010 g/mol. The van der Waals surface area contributed by atoms with Gasteiger partial charge in [-0.2, -0.15) is 26.3 Å². The minimum absolute atomic E-state index is 0. The predicted molar refractivity (Wildman–Crippen MR) is 214 cm³/mol. The van der Waals surface area contributed by atoms with Crippen LogP contribution < -0.4 is 20.8 Å². The minimum atomic E-state index is -4.59. The van der Waals surface area contributed by atoms with Gasteiger partial charge in [-0.3, -0.25) is 20.2 Å². The molecule has 8 nitrogen and oxygen atoms in total. The summed E-state index contributed by atoms with van der Waals surface area (Å²) in [6.45, 7) is 21.1. The molecule has 17 heteroatoms. The Balaban J connectivity index is 0.000000276. The smallest absolute Gasteiger partial charge is 0.413 e. The molecule has 306 valence electrons. The van der Waals surface area contributed by atoms with Gasteiger partial charge >= 0.3 is 32.1 Å². The molecule has 6 rings (SSSR count). The topological polar surface area (TPSA) is 106 Å². The van der Waals surface area contributed by atoms with Crippen molar-refractivity contribution >= 4 is 26.5 Å². The van der Waals surface area contributed by atoms with Crippen molar-refractivity contribution in [1.29, 1.82) is 0 Å². The average Bonchev–Trinajstić information content (AvgIpc) is 3.85. The molecule has 0 amide bonds. The minimum Gasteiger partial charge on any atom is -0.413 e. The Kier molecular flexibility index (Phi) is 18.3. The number of pyridine rings is 2. The van der Waals surface area contributed by atoms with Crippen LogP contribution in [0.15, 0.2) is 97.3 Å². The molecule has 0 saturated heterocycles. The second-order valence-corrected chi connectivity index (χ2v) is 19.3. The van der Waals surface area contributed by atoms with Crippen molar-refractivity contribution in [2.75, 3.05) is 26.7 Å². The SMILES string of the molecule is CC(C)(C)c1ccnc(-c2nc(C(F)(F)F)n[n-]2)c1.CC(C)(C)c1ccnc(-c2nc(C(F)(F)F)n[n-]2)c1.CP(C)c1ccccc1.CP(C)c1ccccc1.[Os+2]. The molecule has 57 heavy (non-hydrogen) atoms. The van der Waals surface area contributed by atoms with E-state index in [4.69, 9.17) is 0 Å². The third-order valence-electron chi connectivity index (χ3n) is 7.66. The molecular formula is C40H46F6N8OsP2. The van der Waals surface area contributed by atoms with E-state index in [1.165, 1.54) is 23.0 Å². The molecule has 4 aromatic heterocycles. The fraction of sp³-hybridized carbons (Fsp3) is 0.350. The number of nitrogens with zero attached hydrogens (tertiary/aromatic N) is 8. The van der Waals surface area contributed by atoms with Crippen LogP contribution in [0.3, 0.4) is 0 Å². The van der Waals surface area contributed by atoms with Crippen molar-refractivity contribution < 1.29 is 46.1 Å². The number of benzene rings is 2. The molecule has 0 aliphatic carbocycles. The van der Waals surface area contributed by atoms with Crippen LogP contribution in [-0.4, -0.2) is 56.8 Å². The summed E-state index contributed by atoms with van der Waals surface area (Å²) in [4.78, 5) is 14.7. The molecular weight excluding hydrogens is 959 g/mol. The molecule has 0 fully saturated rings. The van der Waals surface area contributed by atoms with Gasteiger partial charge in [-0.1, -0.05) is 118 Å². The molecule has 2 aromatic carbocycles. The molecule has 0 aliphatic rings. The largest absolute Gasteiger partial charge is 2.00 e. The maximum absolute atomic E-state index is 12.4. The van der Waals surface area contributed by atoms with Gasteiger partial charge in [-0.25, -0.2) is 0 Å². The Morgan fingerprint density at radius 1 is 0.491 bits per heavy atom. The van der Waals surface area contributed by atoms with Gasteiger partial charge in [0, 0.05) is 12.4 Å². The molecule has 0 N–H and O–H groups in total.